The van der Waals surface area contributed by atoms with E-state index >= 15 is 0 Å². The predicted octanol–water partition coefficient (Wildman–Crippen LogP) is 3.81. The molecule has 15 heavy (non-hydrogen) atoms. The molecule has 0 aliphatic heterocycles. The van der Waals surface area contributed by atoms with Crippen molar-refractivity contribution in [2.45, 2.75) is 38.9 Å². The Morgan fingerprint density at radius 1 is 1.33 bits per heavy atom. The average molecular weight is 224 g/mol. The van der Waals surface area contributed by atoms with Crippen molar-refractivity contribution in [3.63, 3.8) is 0 Å². The van der Waals surface area contributed by atoms with Gasteiger partial charge in [0, 0.05) is 11.2 Å². The Labute approximate surface area is 97.0 Å². The van der Waals surface area contributed by atoms with Crippen LogP contribution in [-0.2, 0) is 4.79 Å². The van der Waals surface area contributed by atoms with E-state index in [9.17, 15) is 4.79 Å². The molecule has 1 atom stereocenters. The maximum atomic E-state index is 11.7. The van der Waals surface area contributed by atoms with Gasteiger partial charge in [-0.1, -0.05) is 63.8 Å². The largest absolute Gasteiger partial charge is 0.287 e. The number of carbonyl (C=O) groups is 1. The molecule has 1 aliphatic carbocycles. The molecule has 1 nitrogen and oxygen atoms in total. The van der Waals surface area contributed by atoms with E-state index in [0.29, 0.717) is 23.4 Å². The van der Waals surface area contributed by atoms with Crippen LogP contribution in [0.1, 0.15) is 34.1 Å². The van der Waals surface area contributed by atoms with Crippen LogP contribution in [0.5, 0.6) is 0 Å². The van der Waals surface area contributed by atoms with Gasteiger partial charge in [-0.3, -0.25) is 4.79 Å². The first-order chi connectivity index (χ1) is 6.88. The molecule has 0 N–H and O–H groups in total. The summed E-state index contributed by atoms with van der Waals surface area (Å²) >= 11 is 1.46. The highest BCUT2D eigenvalue weighted by Crippen LogP contribution is 2.29. The second kappa shape index (κ2) is 5.02. The Morgan fingerprint density at radius 2 is 1.87 bits per heavy atom. The van der Waals surface area contributed by atoms with Crippen LogP contribution in [0.4, 0.5) is 0 Å². The Hall–Kier alpha value is -0.500. The topological polar surface area (TPSA) is 17.1 Å². The molecule has 0 aromatic carbocycles. The molecule has 0 unspecified atom stereocenters. The van der Waals surface area contributed by atoms with Crippen LogP contribution >= 0.6 is 11.8 Å². The number of rotatable bonds is 3. The van der Waals surface area contributed by atoms with Gasteiger partial charge in [-0.2, -0.15) is 0 Å². The fourth-order valence-electron chi connectivity index (χ4n) is 1.61. The number of hydrogen-bond donors (Lipinski definition) is 0. The number of carbonyl (C=O) groups excluding carboxylic acids is 1. The zero-order valence-electron chi connectivity index (χ0n) is 9.99. The summed E-state index contributed by atoms with van der Waals surface area (Å²) in [7, 11) is 0. The Morgan fingerprint density at radius 3 is 2.33 bits per heavy atom. The summed E-state index contributed by atoms with van der Waals surface area (Å²) in [5, 5.41) is 0.309. The van der Waals surface area contributed by atoms with Gasteiger partial charge in [0.2, 0.25) is 0 Å². The van der Waals surface area contributed by atoms with Crippen molar-refractivity contribution in [3.05, 3.63) is 24.3 Å². The average Bonchev–Trinajstić information content (AvgIpc) is 2.50. The van der Waals surface area contributed by atoms with E-state index in [2.05, 4.69) is 52.0 Å². The Balaban J connectivity index is 2.38. The number of allylic oxidation sites excluding steroid dienone is 4. The molecule has 0 aromatic rings. The summed E-state index contributed by atoms with van der Waals surface area (Å²) in [5.41, 5.74) is 0. The van der Waals surface area contributed by atoms with Gasteiger partial charge in [0.25, 0.3) is 0 Å². The van der Waals surface area contributed by atoms with Gasteiger partial charge in [0.05, 0.1) is 0 Å². The highest BCUT2D eigenvalue weighted by molar-refractivity contribution is 8.14. The van der Waals surface area contributed by atoms with Crippen LogP contribution in [0.2, 0.25) is 0 Å². The SMILES string of the molecule is C[C@H](CC(=O)SC(C)(C)C)C1C=CC=C1. The predicted molar refractivity (Wildman–Crippen MR) is 67.9 cm³/mol. The lowest BCUT2D eigenvalue weighted by Crippen LogP contribution is -2.15. The van der Waals surface area contributed by atoms with Gasteiger partial charge in [-0.05, 0) is 11.8 Å². The molecule has 84 valence electrons. The zero-order chi connectivity index (χ0) is 11.5. The summed E-state index contributed by atoms with van der Waals surface area (Å²) in [6, 6.07) is 0. The standard InChI is InChI=1S/C13H20OS/c1-10(11-7-5-6-8-11)9-12(14)15-13(2,3)4/h5-8,10-11H,9H2,1-4H3/t10-/m1/s1. The monoisotopic (exact) mass is 224 g/mol. The quantitative estimate of drug-likeness (QED) is 0.725. The second-order valence-electron chi connectivity index (χ2n) is 5.12. The summed E-state index contributed by atoms with van der Waals surface area (Å²) < 4.78 is 0.0398. The van der Waals surface area contributed by atoms with E-state index in [1.165, 1.54) is 11.8 Å². The highest BCUT2D eigenvalue weighted by atomic mass is 32.2. The third kappa shape index (κ3) is 4.70. The normalized spacial score (nSPS) is 18.4. The van der Waals surface area contributed by atoms with Crippen molar-refractivity contribution in [1.29, 1.82) is 0 Å². The molecule has 0 saturated heterocycles. The third-order valence-corrected chi connectivity index (χ3v) is 3.35. The second-order valence-corrected chi connectivity index (χ2v) is 7.00. The van der Waals surface area contributed by atoms with E-state index in [4.69, 9.17) is 0 Å². The summed E-state index contributed by atoms with van der Waals surface area (Å²) in [5.74, 6) is 0.872. The van der Waals surface area contributed by atoms with Gasteiger partial charge >= 0.3 is 0 Å². The van der Waals surface area contributed by atoms with E-state index in [1.54, 1.807) is 0 Å². The lowest BCUT2D eigenvalue weighted by molar-refractivity contribution is -0.111. The minimum absolute atomic E-state index is 0.0398. The Kier molecular flexibility index (Phi) is 4.21. The summed E-state index contributed by atoms with van der Waals surface area (Å²) in [4.78, 5) is 11.7. The van der Waals surface area contributed by atoms with Crippen molar-refractivity contribution < 1.29 is 4.79 Å². The van der Waals surface area contributed by atoms with Gasteiger partial charge in [0.15, 0.2) is 5.12 Å². The molecule has 0 fully saturated rings. The fraction of sp³-hybridized carbons (Fsp3) is 0.615. The van der Waals surface area contributed by atoms with Crippen molar-refractivity contribution in [2.75, 3.05) is 0 Å². The van der Waals surface area contributed by atoms with Crippen LogP contribution < -0.4 is 0 Å². The van der Waals surface area contributed by atoms with Crippen molar-refractivity contribution in [1.82, 2.24) is 0 Å². The molecule has 1 rings (SSSR count). The number of thioether (sulfide) groups is 1. The van der Waals surface area contributed by atoms with E-state index in [1.807, 2.05) is 0 Å². The highest BCUT2D eigenvalue weighted by Gasteiger charge is 2.21. The van der Waals surface area contributed by atoms with E-state index in [-0.39, 0.29) is 4.75 Å². The van der Waals surface area contributed by atoms with Crippen molar-refractivity contribution >= 4 is 16.9 Å². The first kappa shape index (κ1) is 12.6. The molecule has 0 bridgehead atoms. The minimum Gasteiger partial charge on any atom is -0.287 e. The van der Waals surface area contributed by atoms with Crippen LogP contribution in [0.3, 0.4) is 0 Å². The lowest BCUT2D eigenvalue weighted by atomic mass is 9.93. The van der Waals surface area contributed by atoms with Crippen LogP contribution in [-0.4, -0.2) is 9.86 Å². The lowest BCUT2D eigenvalue weighted by Gasteiger charge is -2.19. The molecule has 2 heteroatoms. The zero-order valence-corrected chi connectivity index (χ0v) is 10.8. The Bertz CT molecular complexity index is 271. The van der Waals surface area contributed by atoms with Gasteiger partial charge < -0.3 is 0 Å². The molecule has 0 amide bonds. The molecule has 0 spiro atoms. The minimum atomic E-state index is 0.0398. The molecular weight excluding hydrogens is 204 g/mol. The van der Waals surface area contributed by atoms with Gasteiger partial charge in [-0.25, -0.2) is 0 Å². The maximum Gasteiger partial charge on any atom is 0.189 e. The molecule has 0 heterocycles. The van der Waals surface area contributed by atoms with Crippen molar-refractivity contribution in [3.8, 4) is 0 Å². The summed E-state index contributed by atoms with van der Waals surface area (Å²) in [6.45, 7) is 8.38. The van der Waals surface area contributed by atoms with Crippen LogP contribution in [0, 0.1) is 11.8 Å². The smallest absolute Gasteiger partial charge is 0.189 e. The maximum absolute atomic E-state index is 11.7. The van der Waals surface area contributed by atoms with E-state index in [0.717, 1.165) is 0 Å². The summed E-state index contributed by atoms with van der Waals surface area (Å²) in [6.07, 6.45) is 9.12. The van der Waals surface area contributed by atoms with E-state index < -0.39 is 0 Å². The van der Waals surface area contributed by atoms with Gasteiger partial charge in [0.1, 0.15) is 0 Å². The molecule has 0 radical (unpaired) electrons. The van der Waals surface area contributed by atoms with Crippen molar-refractivity contribution in [2.24, 2.45) is 11.8 Å². The molecule has 0 saturated carbocycles. The molecule has 1 aliphatic rings. The van der Waals surface area contributed by atoms with Crippen LogP contribution in [0.15, 0.2) is 24.3 Å². The van der Waals surface area contributed by atoms with Gasteiger partial charge in [-0.15, -0.1) is 0 Å². The number of hydrogen-bond acceptors (Lipinski definition) is 2. The van der Waals surface area contributed by atoms with Crippen LogP contribution in [0.25, 0.3) is 0 Å². The first-order valence-electron chi connectivity index (χ1n) is 5.45. The molecule has 0 aromatic heterocycles. The third-order valence-electron chi connectivity index (χ3n) is 2.34. The first-order valence-corrected chi connectivity index (χ1v) is 6.27. The molecular formula is C13H20OS. The fourth-order valence-corrected chi connectivity index (χ4v) is 2.64.